The van der Waals surface area contributed by atoms with Crippen molar-refractivity contribution in [1.82, 2.24) is 0 Å². The molecule has 0 aromatic heterocycles. The first kappa shape index (κ1) is 21.1. The lowest BCUT2D eigenvalue weighted by atomic mass is 9.83. The standard InChI is InChI=1S/C24H29NO4/c1-17(2)23-21(15-25(26)27)22(14-19-10-6-4-7-11-19)29-24(23)28-16-18(3)20-12-8-5-9-13-20/h4-14,17-18,21,23-24H,15-16H2,1-3H3/b22-14-/t18-,21-,23-,24+/m1/s1. The third kappa shape index (κ3) is 5.45. The summed E-state index contributed by atoms with van der Waals surface area (Å²) in [6.07, 6.45) is 1.43. The lowest BCUT2D eigenvalue weighted by Gasteiger charge is -2.25. The highest BCUT2D eigenvalue weighted by atomic mass is 16.7. The summed E-state index contributed by atoms with van der Waals surface area (Å²) in [5.41, 5.74) is 2.17. The van der Waals surface area contributed by atoms with Crippen LogP contribution in [0.1, 0.15) is 37.8 Å². The molecular formula is C24H29NO4. The topological polar surface area (TPSA) is 61.6 Å². The SMILES string of the molecule is CC(C)[C@H]1[C@@H](OC[C@@H](C)c2ccccc2)O/C(=C\c2ccccc2)[C@H]1C[N+](=O)[O-]. The summed E-state index contributed by atoms with van der Waals surface area (Å²) in [5.74, 6) is 0.673. The largest absolute Gasteiger partial charge is 0.468 e. The van der Waals surface area contributed by atoms with Gasteiger partial charge in [-0.15, -0.1) is 0 Å². The molecule has 2 aromatic rings. The third-order valence-corrected chi connectivity index (χ3v) is 5.50. The van der Waals surface area contributed by atoms with E-state index in [2.05, 4.69) is 32.9 Å². The van der Waals surface area contributed by atoms with Crippen molar-refractivity contribution >= 4 is 6.08 Å². The van der Waals surface area contributed by atoms with E-state index in [1.54, 1.807) is 0 Å². The second-order valence-corrected chi connectivity index (χ2v) is 8.03. The first-order chi connectivity index (χ1) is 14.0. The smallest absolute Gasteiger partial charge is 0.214 e. The summed E-state index contributed by atoms with van der Waals surface area (Å²) >= 11 is 0. The monoisotopic (exact) mass is 395 g/mol. The molecule has 154 valence electrons. The molecule has 0 unspecified atom stereocenters. The van der Waals surface area contributed by atoms with Gasteiger partial charge >= 0.3 is 0 Å². The van der Waals surface area contributed by atoms with Crippen molar-refractivity contribution in [2.45, 2.75) is 33.0 Å². The molecule has 4 atom stereocenters. The Hall–Kier alpha value is -2.66. The van der Waals surface area contributed by atoms with E-state index in [0.717, 1.165) is 5.56 Å². The van der Waals surface area contributed by atoms with Gasteiger partial charge in [-0.05, 0) is 23.1 Å². The number of rotatable bonds is 8. The minimum Gasteiger partial charge on any atom is -0.468 e. The summed E-state index contributed by atoms with van der Waals surface area (Å²) in [6.45, 7) is 6.61. The minimum absolute atomic E-state index is 0.0710. The maximum Gasteiger partial charge on any atom is 0.214 e. The Morgan fingerprint density at radius 1 is 1.07 bits per heavy atom. The van der Waals surface area contributed by atoms with Crippen molar-refractivity contribution in [2.24, 2.45) is 17.8 Å². The van der Waals surface area contributed by atoms with E-state index in [1.807, 2.05) is 54.6 Å². The van der Waals surface area contributed by atoms with E-state index in [4.69, 9.17) is 9.47 Å². The molecule has 1 saturated heterocycles. The first-order valence-electron chi connectivity index (χ1n) is 10.2. The van der Waals surface area contributed by atoms with E-state index in [-0.39, 0.29) is 35.1 Å². The van der Waals surface area contributed by atoms with Gasteiger partial charge in [0, 0.05) is 16.8 Å². The summed E-state index contributed by atoms with van der Waals surface area (Å²) < 4.78 is 12.4. The molecule has 29 heavy (non-hydrogen) atoms. The number of hydrogen-bond acceptors (Lipinski definition) is 4. The van der Waals surface area contributed by atoms with Crippen molar-refractivity contribution in [3.63, 3.8) is 0 Å². The molecule has 0 bridgehead atoms. The predicted molar refractivity (Wildman–Crippen MR) is 114 cm³/mol. The molecule has 1 aliphatic rings. The van der Waals surface area contributed by atoms with Gasteiger partial charge in [-0.2, -0.15) is 0 Å². The highest BCUT2D eigenvalue weighted by Gasteiger charge is 2.46. The summed E-state index contributed by atoms with van der Waals surface area (Å²) in [4.78, 5) is 11.1. The lowest BCUT2D eigenvalue weighted by Crippen LogP contribution is -2.31. The molecule has 5 nitrogen and oxygen atoms in total. The van der Waals surface area contributed by atoms with E-state index in [0.29, 0.717) is 12.4 Å². The maximum absolute atomic E-state index is 11.4. The van der Waals surface area contributed by atoms with Crippen LogP contribution < -0.4 is 0 Å². The van der Waals surface area contributed by atoms with Gasteiger partial charge < -0.3 is 9.47 Å². The summed E-state index contributed by atoms with van der Waals surface area (Å²) in [6, 6.07) is 20.0. The van der Waals surface area contributed by atoms with Crippen molar-refractivity contribution in [2.75, 3.05) is 13.2 Å². The molecule has 0 saturated carbocycles. The van der Waals surface area contributed by atoms with Crippen LogP contribution in [0.15, 0.2) is 66.4 Å². The Labute approximate surface area is 172 Å². The zero-order valence-corrected chi connectivity index (χ0v) is 17.2. The van der Waals surface area contributed by atoms with Crippen molar-refractivity contribution < 1.29 is 14.4 Å². The van der Waals surface area contributed by atoms with Gasteiger partial charge in [0.15, 0.2) is 0 Å². The minimum atomic E-state index is -0.485. The second-order valence-electron chi connectivity index (χ2n) is 8.03. The Morgan fingerprint density at radius 2 is 1.69 bits per heavy atom. The van der Waals surface area contributed by atoms with Crippen LogP contribution in [0.25, 0.3) is 6.08 Å². The van der Waals surface area contributed by atoms with Crippen LogP contribution in [0.5, 0.6) is 0 Å². The van der Waals surface area contributed by atoms with Gasteiger partial charge in [0.2, 0.25) is 12.8 Å². The van der Waals surface area contributed by atoms with Crippen LogP contribution in [-0.4, -0.2) is 24.4 Å². The molecule has 1 heterocycles. The lowest BCUT2D eigenvalue weighted by molar-refractivity contribution is -0.488. The molecule has 2 aromatic carbocycles. The molecule has 3 rings (SSSR count). The van der Waals surface area contributed by atoms with E-state index in [1.165, 1.54) is 5.56 Å². The van der Waals surface area contributed by atoms with Gasteiger partial charge in [0.05, 0.1) is 12.5 Å². The van der Waals surface area contributed by atoms with Gasteiger partial charge in [-0.3, -0.25) is 10.1 Å². The number of nitrogens with zero attached hydrogens (tertiary/aromatic N) is 1. The molecular weight excluding hydrogens is 366 g/mol. The van der Waals surface area contributed by atoms with E-state index < -0.39 is 6.29 Å². The van der Waals surface area contributed by atoms with E-state index >= 15 is 0 Å². The van der Waals surface area contributed by atoms with Crippen molar-refractivity contribution in [3.8, 4) is 0 Å². The molecule has 5 heteroatoms. The average Bonchev–Trinajstić information content (AvgIpc) is 3.04. The highest BCUT2D eigenvalue weighted by molar-refractivity contribution is 5.52. The Bertz CT molecular complexity index is 819. The van der Waals surface area contributed by atoms with Crippen LogP contribution in [0.2, 0.25) is 0 Å². The summed E-state index contributed by atoms with van der Waals surface area (Å²) in [5, 5.41) is 11.4. The fraction of sp³-hybridized carbons (Fsp3) is 0.417. The van der Waals surface area contributed by atoms with Crippen LogP contribution in [0.3, 0.4) is 0 Å². The number of hydrogen-bond donors (Lipinski definition) is 0. The maximum atomic E-state index is 11.4. The molecule has 1 fully saturated rings. The van der Waals surface area contributed by atoms with Crippen molar-refractivity contribution in [3.05, 3.63) is 87.7 Å². The predicted octanol–water partition coefficient (Wildman–Crippen LogP) is 5.37. The second kappa shape index (κ2) is 9.70. The number of nitro groups is 1. The first-order valence-corrected chi connectivity index (χ1v) is 10.2. The normalized spacial score (nSPS) is 23.9. The van der Waals surface area contributed by atoms with E-state index in [9.17, 15) is 10.1 Å². The van der Waals surface area contributed by atoms with Crippen LogP contribution in [0.4, 0.5) is 0 Å². The van der Waals surface area contributed by atoms with Gasteiger partial charge in [-0.1, -0.05) is 81.4 Å². The average molecular weight is 395 g/mol. The quantitative estimate of drug-likeness (QED) is 0.445. The van der Waals surface area contributed by atoms with Crippen LogP contribution in [-0.2, 0) is 9.47 Å². The molecule has 1 aliphatic heterocycles. The fourth-order valence-corrected chi connectivity index (χ4v) is 3.95. The van der Waals surface area contributed by atoms with Gasteiger partial charge in [-0.25, -0.2) is 0 Å². The molecule has 0 aliphatic carbocycles. The molecule has 0 N–H and O–H groups in total. The molecule has 0 amide bonds. The van der Waals surface area contributed by atoms with Gasteiger partial charge in [0.1, 0.15) is 5.76 Å². The van der Waals surface area contributed by atoms with Crippen molar-refractivity contribution in [1.29, 1.82) is 0 Å². The number of ether oxygens (including phenoxy) is 2. The van der Waals surface area contributed by atoms with Gasteiger partial charge in [0.25, 0.3) is 0 Å². The Balaban J connectivity index is 1.80. The van der Waals surface area contributed by atoms with Crippen LogP contribution >= 0.6 is 0 Å². The fourth-order valence-electron chi connectivity index (χ4n) is 3.95. The molecule has 0 radical (unpaired) electrons. The Morgan fingerprint density at radius 3 is 2.28 bits per heavy atom. The highest BCUT2D eigenvalue weighted by Crippen LogP contribution is 2.42. The number of benzene rings is 2. The summed E-state index contributed by atoms with van der Waals surface area (Å²) in [7, 11) is 0. The zero-order chi connectivity index (χ0) is 20.8. The molecule has 0 spiro atoms. The zero-order valence-electron chi connectivity index (χ0n) is 17.2. The Kier molecular flexibility index (Phi) is 7.04. The third-order valence-electron chi connectivity index (χ3n) is 5.50. The van der Waals surface area contributed by atoms with Crippen LogP contribution in [0, 0.1) is 27.9 Å².